The average Bonchev–Trinajstić information content (AvgIpc) is 3.03. The first-order valence-corrected chi connectivity index (χ1v) is 8.31. The Kier molecular flexibility index (Phi) is 5.24. The zero-order valence-corrected chi connectivity index (χ0v) is 13.6. The Labute approximate surface area is 136 Å². The predicted molar refractivity (Wildman–Crippen MR) is 84.4 cm³/mol. The molecule has 3 aliphatic rings. The largest absolute Gasteiger partial charge is 0.383 e. The van der Waals surface area contributed by atoms with Gasteiger partial charge in [0.15, 0.2) is 0 Å². The SMILES string of the molecule is COCCNC(=O)[C@H]1CN2CC[C@H]1C[C@@H]2Cn1cc(CN)nn1. The smallest absolute Gasteiger partial charge is 0.224 e. The first-order chi connectivity index (χ1) is 11.2. The van der Waals surface area contributed by atoms with Crippen molar-refractivity contribution in [1.29, 1.82) is 0 Å². The summed E-state index contributed by atoms with van der Waals surface area (Å²) in [6, 6.07) is 0.434. The first kappa shape index (κ1) is 16.4. The number of carbonyl (C=O) groups excluding carboxylic acids is 1. The molecule has 8 nitrogen and oxygen atoms in total. The van der Waals surface area contributed by atoms with Gasteiger partial charge in [-0.1, -0.05) is 5.21 Å². The second kappa shape index (κ2) is 7.37. The fourth-order valence-corrected chi connectivity index (χ4v) is 3.77. The third-order valence-corrected chi connectivity index (χ3v) is 5.01. The fourth-order valence-electron chi connectivity index (χ4n) is 3.77. The molecule has 2 bridgehead atoms. The van der Waals surface area contributed by atoms with Crippen molar-refractivity contribution >= 4 is 5.91 Å². The molecule has 4 atom stereocenters. The van der Waals surface area contributed by atoms with E-state index >= 15 is 0 Å². The Morgan fingerprint density at radius 2 is 2.43 bits per heavy atom. The normalized spacial score (nSPS) is 29.7. The number of hydrogen-bond donors (Lipinski definition) is 2. The standard InChI is InChI=1S/C15H26N6O2/c1-23-5-3-17-15(22)14-10-20-4-2-11(14)6-13(20)9-21-8-12(7-16)18-19-21/h8,11,13-14H,2-7,9-10,16H2,1H3,(H,17,22)/t11-,13+,14-/m0/s1. The number of nitrogens with zero attached hydrogens (tertiary/aromatic N) is 4. The van der Waals surface area contributed by atoms with Crippen LogP contribution in [0.1, 0.15) is 18.5 Å². The van der Waals surface area contributed by atoms with E-state index in [1.54, 1.807) is 7.11 Å². The van der Waals surface area contributed by atoms with E-state index in [4.69, 9.17) is 10.5 Å². The van der Waals surface area contributed by atoms with Gasteiger partial charge in [0.2, 0.25) is 5.91 Å². The summed E-state index contributed by atoms with van der Waals surface area (Å²) in [5, 5.41) is 11.2. The molecule has 0 saturated carbocycles. The van der Waals surface area contributed by atoms with Crippen LogP contribution in [0.3, 0.4) is 0 Å². The van der Waals surface area contributed by atoms with Crippen molar-refractivity contribution in [2.45, 2.75) is 32.0 Å². The number of rotatable bonds is 7. The molecule has 0 spiro atoms. The van der Waals surface area contributed by atoms with Crippen LogP contribution < -0.4 is 11.1 Å². The summed E-state index contributed by atoms with van der Waals surface area (Å²) in [4.78, 5) is 14.8. The zero-order valence-electron chi connectivity index (χ0n) is 13.6. The van der Waals surface area contributed by atoms with E-state index in [1.807, 2.05) is 10.9 Å². The van der Waals surface area contributed by atoms with Crippen LogP contribution in [0.25, 0.3) is 0 Å². The molecule has 0 radical (unpaired) electrons. The van der Waals surface area contributed by atoms with Gasteiger partial charge in [-0.15, -0.1) is 5.10 Å². The third-order valence-electron chi connectivity index (χ3n) is 5.01. The van der Waals surface area contributed by atoms with Crippen molar-refractivity contribution in [2.75, 3.05) is 33.4 Å². The summed E-state index contributed by atoms with van der Waals surface area (Å²) in [7, 11) is 1.64. The third kappa shape index (κ3) is 3.70. The quantitative estimate of drug-likeness (QED) is 0.639. The van der Waals surface area contributed by atoms with Crippen molar-refractivity contribution < 1.29 is 9.53 Å². The summed E-state index contributed by atoms with van der Waals surface area (Å²) >= 11 is 0. The Morgan fingerprint density at radius 3 is 3.09 bits per heavy atom. The van der Waals surface area contributed by atoms with E-state index in [0.717, 1.165) is 38.2 Å². The Hall–Kier alpha value is -1.51. The maximum atomic E-state index is 12.3. The molecule has 23 heavy (non-hydrogen) atoms. The second-order valence-corrected chi connectivity index (χ2v) is 6.46. The van der Waals surface area contributed by atoms with Crippen molar-refractivity contribution in [3.8, 4) is 0 Å². The van der Waals surface area contributed by atoms with Gasteiger partial charge in [-0.25, -0.2) is 0 Å². The van der Waals surface area contributed by atoms with Gasteiger partial charge in [0.1, 0.15) is 0 Å². The Bertz CT molecular complexity index is 534. The molecular weight excluding hydrogens is 296 g/mol. The van der Waals surface area contributed by atoms with Crippen LogP contribution in [0.5, 0.6) is 0 Å². The molecule has 3 N–H and O–H groups in total. The maximum absolute atomic E-state index is 12.3. The summed E-state index contributed by atoms with van der Waals surface area (Å²) in [5.74, 6) is 0.735. The highest BCUT2D eigenvalue weighted by atomic mass is 16.5. The zero-order chi connectivity index (χ0) is 16.2. The van der Waals surface area contributed by atoms with Crippen LogP contribution >= 0.6 is 0 Å². The minimum atomic E-state index is 0.104. The molecule has 4 heterocycles. The highest BCUT2D eigenvalue weighted by Crippen LogP contribution is 2.36. The number of amides is 1. The number of aromatic nitrogens is 3. The molecule has 1 amide bonds. The van der Waals surface area contributed by atoms with Gasteiger partial charge in [-0.2, -0.15) is 0 Å². The summed E-state index contributed by atoms with van der Waals surface area (Å²) in [5.41, 5.74) is 6.39. The minimum absolute atomic E-state index is 0.104. The summed E-state index contributed by atoms with van der Waals surface area (Å²) in [6.07, 6.45) is 4.06. The lowest BCUT2D eigenvalue weighted by Crippen LogP contribution is -2.58. The predicted octanol–water partition coefficient (Wildman–Crippen LogP) is -0.790. The van der Waals surface area contributed by atoms with E-state index in [9.17, 15) is 4.79 Å². The molecule has 1 aromatic rings. The molecule has 3 saturated heterocycles. The lowest BCUT2D eigenvalue weighted by atomic mass is 9.75. The van der Waals surface area contributed by atoms with Crippen LogP contribution in [0, 0.1) is 11.8 Å². The van der Waals surface area contributed by atoms with E-state index in [0.29, 0.717) is 31.7 Å². The van der Waals surface area contributed by atoms with Crippen molar-refractivity contribution in [2.24, 2.45) is 17.6 Å². The van der Waals surface area contributed by atoms with Crippen molar-refractivity contribution in [3.63, 3.8) is 0 Å². The molecule has 3 aliphatic heterocycles. The topological polar surface area (TPSA) is 98.3 Å². The molecule has 1 unspecified atom stereocenters. The molecule has 4 rings (SSSR count). The molecule has 0 aliphatic carbocycles. The lowest BCUT2D eigenvalue weighted by Gasteiger charge is -2.49. The van der Waals surface area contributed by atoms with Crippen LogP contribution in [0.15, 0.2) is 6.20 Å². The molecule has 128 valence electrons. The molecule has 8 heteroatoms. The maximum Gasteiger partial charge on any atom is 0.224 e. The van der Waals surface area contributed by atoms with E-state index in [1.165, 1.54) is 0 Å². The molecular formula is C15H26N6O2. The monoisotopic (exact) mass is 322 g/mol. The van der Waals surface area contributed by atoms with Crippen LogP contribution in [0.2, 0.25) is 0 Å². The minimum Gasteiger partial charge on any atom is -0.383 e. The van der Waals surface area contributed by atoms with Gasteiger partial charge in [0.05, 0.1) is 24.8 Å². The van der Waals surface area contributed by atoms with Gasteiger partial charge < -0.3 is 15.8 Å². The fraction of sp³-hybridized carbons (Fsp3) is 0.800. The van der Waals surface area contributed by atoms with Gasteiger partial charge >= 0.3 is 0 Å². The number of fused-ring (bicyclic) bond motifs is 3. The Balaban J connectivity index is 1.55. The summed E-state index contributed by atoms with van der Waals surface area (Å²) in [6.45, 7) is 4.29. The number of methoxy groups -OCH3 is 1. The van der Waals surface area contributed by atoms with Gasteiger partial charge in [-0.3, -0.25) is 14.4 Å². The second-order valence-electron chi connectivity index (χ2n) is 6.46. The average molecular weight is 322 g/mol. The van der Waals surface area contributed by atoms with Crippen LogP contribution in [-0.2, 0) is 22.6 Å². The van der Waals surface area contributed by atoms with Crippen molar-refractivity contribution in [3.05, 3.63) is 11.9 Å². The van der Waals surface area contributed by atoms with Crippen LogP contribution in [0.4, 0.5) is 0 Å². The number of ether oxygens (including phenoxy) is 1. The molecule has 0 aromatic carbocycles. The number of nitrogens with two attached hydrogens (primary N) is 1. The van der Waals surface area contributed by atoms with E-state index in [-0.39, 0.29) is 11.8 Å². The highest BCUT2D eigenvalue weighted by Gasteiger charge is 2.43. The van der Waals surface area contributed by atoms with Gasteiger partial charge in [0, 0.05) is 39.0 Å². The number of carbonyl (C=O) groups is 1. The van der Waals surface area contributed by atoms with E-state index < -0.39 is 0 Å². The Morgan fingerprint density at radius 1 is 1.57 bits per heavy atom. The van der Waals surface area contributed by atoms with Crippen LogP contribution in [-0.4, -0.2) is 65.2 Å². The van der Waals surface area contributed by atoms with Crippen molar-refractivity contribution in [1.82, 2.24) is 25.2 Å². The molecule has 3 fully saturated rings. The number of hydrogen-bond acceptors (Lipinski definition) is 6. The molecule has 1 aromatic heterocycles. The van der Waals surface area contributed by atoms with Gasteiger partial charge in [0.25, 0.3) is 0 Å². The van der Waals surface area contributed by atoms with E-state index in [2.05, 4.69) is 20.5 Å². The highest BCUT2D eigenvalue weighted by molar-refractivity contribution is 5.79. The number of piperidine rings is 3. The summed E-state index contributed by atoms with van der Waals surface area (Å²) < 4.78 is 6.86. The number of nitrogens with one attached hydrogen (secondary N) is 1. The first-order valence-electron chi connectivity index (χ1n) is 8.31. The lowest BCUT2D eigenvalue weighted by molar-refractivity contribution is -0.133. The van der Waals surface area contributed by atoms with Gasteiger partial charge in [-0.05, 0) is 25.3 Å².